The first-order valence-corrected chi connectivity index (χ1v) is 9.81. The molecule has 0 saturated heterocycles. The van der Waals surface area contributed by atoms with Crippen molar-refractivity contribution in [3.05, 3.63) is 101 Å². The number of carbonyl (C=O) groups is 1. The Labute approximate surface area is 176 Å². The molecule has 0 aliphatic heterocycles. The average Bonchev–Trinajstić information content (AvgIpc) is 3.11. The largest absolute Gasteiger partial charge is 0.352 e. The smallest absolute Gasteiger partial charge is 0.309 e. The maximum Gasteiger partial charge on any atom is 0.352 e. The minimum Gasteiger partial charge on any atom is -0.309 e. The predicted octanol–water partition coefficient (Wildman–Crippen LogP) is 2.67. The third kappa shape index (κ3) is 3.66. The topological polar surface area (TPSA) is 94.2 Å². The van der Waals surface area contributed by atoms with E-state index in [0.717, 1.165) is 21.1 Å². The summed E-state index contributed by atoms with van der Waals surface area (Å²) in [5.41, 5.74) is 1.85. The van der Waals surface area contributed by atoms with Crippen LogP contribution in [0.15, 0.2) is 83.8 Å². The molecule has 0 aliphatic rings. The van der Waals surface area contributed by atoms with Crippen LogP contribution < -0.4 is 11.0 Å². The van der Waals surface area contributed by atoms with Crippen LogP contribution in [0.2, 0.25) is 0 Å². The fraction of sp³-hybridized carbons (Fsp3) is 0.0870. The van der Waals surface area contributed by atoms with E-state index in [-0.39, 0.29) is 12.5 Å². The van der Waals surface area contributed by atoms with Gasteiger partial charge in [0.1, 0.15) is 18.2 Å². The number of nitrogens with zero attached hydrogens (tertiary/aromatic N) is 5. The van der Waals surface area contributed by atoms with E-state index in [9.17, 15) is 9.59 Å². The number of benzene rings is 2. The summed E-state index contributed by atoms with van der Waals surface area (Å²) in [5.74, 6) is 0.605. The first-order valence-electron chi connectivity index (χ1n) is 9.81. The molecule has 3 heterocycles. The van der Waals surface area contributed by atoms with Crippen LogP contribution in [0.25, 0.3) is 16.6 Å². The molecule has 0 atom stereocenters. The number of aromatic nitrogens is 5. The summed E-state index contributed by atoms with van der Waals surface area (Å²) >= 11 is 0. The third-order valence-corrected chi connectivity index (χ3v) is 4.92. The van der Waals surface area contributed by atoms with Gasteiger partial charge in [0.2, 0.25) is 5.91 Å². The Bertz CT molecular complexity index is 1440. The maximum atomic E-state index is 13.2. The molecule has 5 rings (SSSR count). The molecule has 3 aromatic heterocycles. The summed E-state index contributed by atoms with van der Waals surface area (Å²) in [5, 5.41) is 7.90. The van der Waals surface area contributed by atoms with E-state index in [1.54, 1.807) is 24.4 Å². The lowest BCUT2D eigenvalue weighted by atomic mass is 10.1. The molecule has 0 fully saturated rings. The normalized spacial score (nSPS) is 11.1. The zero-order chi connectivity index (χ0) is 21.2. The van der Waals surface area contributed by atoms with Crippen LogP contribution in [0.3, 0.4) is 0 Å². The van der Waals surface area contributed by atoms with E-state index in [4.69, 9.17) is 4.98 Å². The van der Waals surface area contributed by atoms with Gasteiger partial charge in [0, 0.05) is 18.0 Å². The molecule has 8 heteroatoms. The molecule has 2 aromatic carbocycles. The van der Waals surface area contributed by atoms with Gasteiger partial charge in [0.15, 0.2) is 5.65 Å². The highest BCUT2D eigenvalue weighted by Gasteiger charge is 2.17. The van der Waals surface area contributed by atoms with Crippen molar-refractivity contribution in [3.63, 3.8) is 0 Å². The van der Waals surface area contributed by atoms with Gasteiger partial charge >= 0.3 is 5.69 Å². The molecule has 0 bridgehead atoms. The number of fused-ring (bicyclic) bond motifs is 3. The molecule has 0 saturated carbocycles. The minimum absolute atomic E-state index is 0.226. The number of carbonyl (C=O) groups excluding carboxylic acids is 1. The molecule has 152 valence electrons. The minimum atomic E-state index is -0.407. The SMILES string of the molecule is O=C(Cn1nc2c3ccccc3nc(Cc3ccccc3)n2c1=O)Nc1ccccn1. The zero-order valence-electron chi connectivity index (χ0n) is 16.5. The van der Waals surface area contributed by atoms with Crippen molar-refractivity contribution in [3.8, 4) is 0 Å². The number of pyridine rings is 1. The fourth-order valence-corrected chi connectivity index (χ4v) is 3.52. The summed E-state index contributed by atoms with van der Waals surface area (Å²) in [6.45, 7) is -0.226. The first kappa shape index (κ1) is 18.7. The maximum absolute atomic E-state index is 13.2. The van der Waals surface area contributed by atoms with Gasteiger partial charge in [-0.05, 0) is 29.8 Å². The van der Waals surface area contributed by atoms with Gasteiger partial charge in [0.25, 0.3) is 0 Å². The average molecular weight is 410 g/mol. The summed E-state index contributed by atoms with van der Waals surface area (Å²) in [7, 11) is 0. The zero-order valence-corrected chi connectivity index (χ0v) is 16.5. The van der Waals surface area contributed by atoms with Gasteiger partial charge in [-0.15, -0.1) is 5.10 Å². The lowest BCUT2D eigenvalue weighted by Crippen LogP contribution is -2.29. The highest BCUT2D eigenvalue weighted by molar-refractivity contribution is 5.92. The molecule has 0 aliphatic carbocycles. The van der Waals surface area contributed by atoms with Crippen LogP contribution in [0.5, 0.6) is 0 Å². The Morgan fingerprint density at radius 3 is 2.52 bits per heavy atom. The Kier molecular flexibility index (Phi) is 4.72. The van der Waals surface area contributed by atoms with Crippen molar-refractivity contribution < 1.29 is 4.79 Å². The second-order valence-electron chi connectivity index (χ2n) is 7.07. The highest BCUT2D eigenvalue weighted by atomic mass is 16.2. The van der Waals surface area contributed by atoms with Crippen molar-refractivity contribution in [2.24, 2.45) is 0 Å². The number of anilines is 1. The Hall–Kier alpha value is -4.33. The van der Waals surface area contributed by atoms with Crippen LogP contribution in [-0.4, -0.2) is 30.1 Å². The quantitative estimate of drug-likeness (QED) is 0.481. The van der Waals surface area contributed by atoms with Gasteiger partial charge in [-0.25, -0.2) is 23.8 Å². The van der Waals surface area contributed by atoms with Gasteiger partial charge in [0.05, 0.1) is 5.52 Å². The molecular formula is C23H18N6O2. The van der Waals surface area contributed by atoms with Crippen molar-refractivity contribution >= 4 is 28.3 Å². The van der Waals surface area contributed by atoms with Crippen LogP contribution in [0.4, 0.5) is 5.82 Å². The molecular weight excluding hydrogens is 392 g/mol. The summed E-state index contributed by atoms with van der Waals surface area (Å²) in [6, 6.07) is 22.5. The van der Waals surface area contributed by atoms with E-state index in [1.807, 2.05) is 54.6 Å². The van der Waals surface area contributed by atoms with Gasteiger partial charge in [-0.1, -0.05) is 48.5 Å². The highest BCUT2D eigenvalue weighted by Crippen LogP contribution is 2.18. The molecule has 5 aromatic rings. The first-order chi connectivity index (χ1) is 15.2. The molecule has 0 unspecified atom stereocenters. The van der Waals surface area contributed by atoms with E-state index in [1.165, 1.54) is 4.40 Å². The standard InChI is InChI=1S/C23H18N6O2/c30-21(26-19-12-6-7-13-24-19)15-28-23(31)29-20(14-16-8-2-1-3-9-16)25-18-11-5-4-10-17(18)22(29)27-28/h1-13H,14-15H2,(H,24,26,30). The van der Waals surface area contributed by atoms with E-state index in [0.29, 0.717) is 23.7 Å². The Morgan fingerprint density at radius 2 is 1.71 bits per heavy atom. The number of hydrogen-bond donors (Lipinski definition) is 1. The monoisotopic (exact) mass is 410 g/mol. The van der Waals surface area contributed by atoms with Gasteiger partial charge < -0.3 is 5.32 Å². The second kappa shape index (κ2) is 7.83. The second-order valence-corrected chi connectivity index (χ2v) is 7.07. The van der Waals surface area contributed by atoms with Crippen molar-refractivity contribution in [2.45, 2.75) is 13.0 Å². The van der Waals surface area contributed by atoms with E-state index in [2.05, 4.69) is 15.4 Å². The summed E-state index contributed by atoms with van der Waals surface area (Å²) < 4.78 is 2.65. The molecule has 8 nitrogen and oxygen atoms in total. The van der Waals surface area contributed by atoms with Crippen LogP contribution in [0.1, 0.15) is 11.4 Å². The molecule has 31 heavy (non-hydrogen) atoms. The van der Waals surface area contributed by atoms with E-state index < -0.39 is 5.69 Å². The molecule has 1 N–H and O–H groups in total. The lowest BCUT2D eigenvalue weighted by molar-refractivity contribution is -0.117. The van der Waals surface area contributed by atoms with Crippen molar-refractivity contribution in [1.29, 1.82) is 0 Å². The van der Waals surface area contributed by atoms with E-state index >= 15 is 0 Å². The number of para-hydroxylation sites is 1. The Balaban J connectivity index is 1.58. The molecule has 1 amide bonds. The van der Waals surface area contributed by atoms with Crippen molar-refractivity contribution in [2.75, 3.05) is 5.32 Å². The van der Waals surface area contributed by atoms with Gasteiger partial charge in [-0.2, -0.15) is 0 Å². The van der Waals surface area contributed by atoms with Crippen LogP contribution >= 0.6 is 0 Å². The van der Waals surface area contributed by atoms with Crippen molar-refractivity contribution in [1.82, 2.24) is 24.1 Å². The number of hydrogen-bond acceptors (Lipinski definition) is 5. The fourth-order valence-electron chi connectivity index (χ4n) is 3.52. The third-order valence-electron chi connectivity index (χ3n) is 4.92. The number of amides is 1. The van der Waals surface area contributed by atoms with Crippen LogP contribution in [0, 0.1) is 0 Å². The number of rotatable bonds is 5. The summed E-state index contributed by atoms with van der Waals surface area (Å²) in [6.07, 6.45) is 2.05. The van der Waals surface area contributed by atoms with Gasteiger partial charge in [-0.3, -0.25) is 4.79 Å². The molecule has 0 spiro atoms. The lowest BCUT2D eigenvalue weighted by Gasteiger charge is -2.06. The van der Waals surface area contributed by atoms with Crippen LogP contribution in [-0.2, 0) is 17.8 Å². The Morgan fingerprint density at radius 1 is 0.935 bits per heavy atom. The predicted molar refractivity (Wildman–Crippen MR) is 117 cm³/mol. The number of nitrogens with one attached hydrogen (secondary N) is 1. The summed E-state index contributed by atoms with van der Waals surface area (Å²) in [4.78, 5) is 34.5. The molecule has 0 radical (unpaired) electrons.